The minimum Gasteiger partial charge on any atom is -0.497 e. The normalized spacial score (nSPS) is 11.1. The van der Waals surface area contributed by atoms with Crippen LogP contribution in [0.2, 0.25) is 0 Å². The molecule has 0 amide bonds. The number of ether oxygens (including phenoxy) is 1. The van der Waals surface area contributed by atoms with Gasteiger partial charge in [0.05, 0.1) is 24.7 Å². The Kier molecular flexibility index (Phi) is 5.52. The zero-order valence-corrected chi connectivity index (χ0v) is 16.5. The highest BCUT2D eigenvalue weighted by molar-refractivity contribution is 6.07. The second-order valence-corrected chi connectivity index (χ2v) is 6.77. The second kappa shape index (κ2) is 8.57. The van der Waals surface area contributed by atoms with Gasteiger partial charge in [-0.15, -0.1) is 0 Å². The molecule has 148 valence electrons. The summed E-state index contributed by atoms with van der Waals surface area (Å²) in [6.45, 7) is 0.0209. The van der Waals surface area contributed by atoms with Gasteiger partial charge in [0, 0.05) is 5.56 Å². The van der Waals surface area contributed by atoms with E-state index in [0.717, 1.165) is 11.1 Å². The molecule has 0 unspecified atom stereocenters. The third-order valence-electron chi connectivity index (χ3n) is 4.82. The van der Waals surface area contributed by atoms with E-state index in [1.807, 2.05) is 54.6 Å². The van der Waals surface area contributed by atoms with Crippen molar-refractivity contribution in [3.63, 3.8) is 0 Å². The molecular formula is C25H20N2O3. The molecule has 0 saturated heterocycles. The van der Waals surface area contributed by atoms with E-state index in [1.165, 1.54) is 6.08 Å². The van der Waals surface area contributed by atoms with E-state index >= 15 is 0 Å². The third-order valence-corrected chi connectivity index (χ3v) is 4.82. The van der Waals surface area contributed by atoms with Crippen LogP contribution in [0, 0.1) is 0 Å². The Morgan fingerprint density at radius 2 is 1.63 bits per heavy atom. The van der Waals surface area contributed by atoms with Crippen LogP contribution in [-0.2, 0) is 6.54 Å². The molecular weight excluding hydrogens is 376 g/mol. The van der Waals surface area contributed by atoms with Gasteiger partial charge in [0.25, 0.3) is 0 Å². The number of nitrogens with zero attached hydrogens (tertiary/aromatic N) is 2. The number of rotatable bonds is 7. The van der Waals surface area contributed by atoms with Crippen LogP contribution < -0.4 is 4.74 Å². The number of ketones is 2. The third kappa shape index (κ3) is 4.05. The summed E-state index contributed by atoms with van der Waals surface area (Å²) in [5.74, 6) is 0.561. The molecule has 5 heteroatoms. The molecule has 0 N–H and O–H groups in total. The van der Waals surface area contributed by atoms with Crippen LogP contribution >= 0.6 is 0 Å². The molecule has 1 heterocycles. The predicted octanol–water partition coefficient (Wildman–Crippen LogP) is 4.82. The summed E-state index contributed by atoms with van der Waals surface area (Å²) >= 11 is 0. The number of fused-ring (bicyclic) bond motifs is 1. The first kappa shape index (κ1) is 19.3. The highest BCUT2D eigenvalue weighted by atomic mass is 16.5. The first-order valence-electron chi connectivity index (χ1n) is 9.55. The maximum atomic E-state index is 12.9. The number of benzene rings is 3. The summed E-state index contributed by atoms with van der Waals surface area (Å²) in [6, 6.07) is 23.9. The van der Waals surface area contributed by atoms with Crippen LogP contribution in [-0.4, -0.2) is 28.2 Å². The van der Waals surface area contributed by atoms with Gasteiger partial charge in [0.1, 0.15) is 5.75 Å². The molecule has 4 rings (SSSR count). The molecule has 4 aromatic rings. The molecule has 0 aliphatic carbocycles. The van der Waals surface area contributed by atoms with Gasteiger partial charge >= 0.3 is 0 Å². The van der Waals surface area contributed by atoms with Crippen molar-refractivity contribution < 1.29 is 14.3 Å². The minimum atomic E-state index is -0.252. The van der Waals surface area contributed by atoms with Gasteiger partial charge in [-0.25, -0.2) is 4.98 Å². The number of Topliss-reactive ketones (excluding diaryl/α,β-unsaturated/α-hetero) is 1. The lowest BCUT2D eigenvalue weighted by Gasteiger charge is -2.08. The van der Waals surface area contributed by atoms with Gasteiger partial charge in [-0.3, -0.25) is 9.59 Å². The van der Waals surface area contributed by atoms with Gasteiger partial charge in [-0.1, -0.05) is 48.5 Å². The van der Waals surface area contributed by atoms with E-state index in [2.05, 4.69) is 4.98 Å². The molecule has 3 aromatic carbocycles. The Morgan fingerprint density at radius 3 is 2.37 bits per heavy atom. The lowest BCUT2D eigenvalue weighted by Crippen LogP contribution is -2.15. The Balaban J connectivity index is 1.67. The van der Waals surface area contributed by atoms with E-state index in [9.17, 15) is 9.59 Å². The zero-order chi connectivity index (χ0) is 20.9. The maximum Gasteiger partial charge on any atom is 0.221 e. The standard InChI is InChI=1S/C25H20N2O3/c1-30-20-14-12-19(13-15-20)24(29)17-27-22-10-6-5-9-21(22)26-25(27)23(28)16-11-18-7-3-2-4-8-18/h2-16H,17H2,1H3/b16-11-. The molecule has 0 aliphatic rings. The Labute approximate surface area is 174 Å². The fourth-order valence-electron chi connectivity index (χ4n) is 3.25. The number of allylic oxidation sites excluding steroid dienone is 1. The van der Waals surface area contributed by atoms with Crippen LogP contribution in [0.15, 0.2) is 84.9 Å². The van der Waals surface area contributed by atoms with Crippen molar-refractivity contribution in [3.8, 4) is 5.75 Å². The highest BCUT2D eigenvalue weighted by Crippen LogP contribution is 2.19. The Morgan fingerprint density at radius 1 is 0.933 bits per heavy atom. The molecule has 0 atom stereocenters. The van der Waals surface area contributed by atoms with Crippen LogP contribution in [0.1, 0.15) is 26.5 Å². The van der Waals surface area contributed by atoms with Crippen molar-refractivity contribution in [1.29, 1.82) is 0 Å². The number of imidazole rings is 1. The van der Waals surface area contributed by atoms with Gasteiger partial charge in [0.15, 0.2) is 11.6 Å². The zero-order valence-electron chi connectivity index (χ0n) is 16.5. The van der Waals surface area contributed by atoms with Crippen LogP contribution in [0.4, 0.5) is 0 Å². The fourth-order valence-corrected chi connectivity index (χ4v) is 3.25. The number of para-hydroxylation sites is 2. The number of aromatic nitrogens is 2. The molecule has 1 aromatic heterocycles. The first-order chi connectivity index (χ1) is 14.7. The molecule has 5 nitrogen and oxygen atoms in total. The van der Waals surface area contributed by atoms with Gasteiger partial charge in [-0.2, -0.15) is 0 Å². The van der Waals surface area contributed by atoms with Crippen LogP contribution in [0.25, 0.3) is 17.1 Å². The lowest BCUT2D eigenvalue weighted by molar-refractivity contribution is 0.0969. The summed E-state index contributed by atoms with van der Waals surface area (Å²) in [6.07, 6.45) is 3.24. The molecule has 0 bridgehead atoms. The minimum absolute atomic E-state index is 0.0209. The van der Waals surface area contributed by atoms with E-state index in [1.54, 1.807) is 42.0 Å². The summed E-state index contributed by atoms with van der Waals surface area (Å²) in [5, 5.41) is 0. The molecule has 0 saturated carbocycles. The van der Waals surface area contributed by atoms with Crippen molar-refractivity contribution in [2.24, 2.45) is 0 Å². The molecule has 0 aliphatic heterocycles. The number of carbonyl (C=O) groups is 2. The van der Waals surface area contributed by atoms with Crippen molar-refractivity contribution >= 4 is 28.7 Å². The maximum absolute atomic E-state index is 12.9. The quantitative estimate of drug-likeness (QED) is 0.332. The molecule has 0 fully saturated rings. The van der Waals surface area contributed by atoms with E-state index in [-0.39, 0.29) is 23.9 Å². The summed E-state index contributed by atoms with van der Waals surface area (Å²) in [5.41, 5.74) is 2.89. The number of hydrogen-bond acceptors (Lipinski definition) is 4. The average molecular weight is 396 g/mol. The van der Waals surface area contributed by atoms with Gasteiger partial charge in [0.2, 0.25) is 5.78 Å². The van der Waals surface area contributed by atoms with Gasteiger partial charge < -0.3 is 9.30 Å². The Hall–Kier alpha value is -3.99. The monoisotopic (exact) mass is 396 g/mol. The predicted molar refractivity (Wildman–Crippen MR) is 117 cm³/mol. The van der Waals surface area contributed by atoms with Crippen LogP contribution in [0.3, 0.4) is 0 Å². The number of hydrogen-bond donors (Lipinski definition) is 0. The van der Waals surface area contributed by atoms with E-state index in [4.69, 9.17) is 4.74 Å². The van der Waals surface area contributed by atoms with Crippen molar-refractivity contribution in [1.82, 2.24) is 9.55 Å². The van der Waals surface area contributed by atoms with Crippen LogP contribution in [0.5, 0.6) is 5.75 Å². The van der Waals surface area contributed by atoms with Crippen molar-refractivity contribution in [2.75, 3.05) is 7.11 Å². The van der Waals surface area contributed by atoms with Crippen molar-refractivity contribution in [3.05, 3.63) is 102 Å². The fraction of sp³-hybridized carbons (Fsp3) is 0.0800. The summed E-state index contributed by atoms with van der Waals surface area (Å²) in [4.78, 5) is 30.3. The van der Waals surface area contributed by atoms with Crippen molar-refractivity contribution in [2.45, 2.75) is 6.54 Å². The highest BCUT2D eigenvalue weighted by Gasteiger charge is 2.18. The number of methoxy groups -OCH3 is 1. The molecule has 0 spiro atoms. The van der Waals surface area contributed by atoms with E-state index < -0.39 is 0 Å². The lowest BCUT2D eigenvalue weighted by atomic mass is 10.1. The topological polar surface area (TPSA) is 61.2 Å². The smallest absolute Gasteiger partial charge is 0.221 e. The Bertz CT molecular complexity index is 1220. The SMILES string of the molecule is COc1ccc(C(=O)Cn2c(C(=O)/C=C\c3ccccc3)nc3ccccc32)cc1. The van der Waals surface area contributed by atoms with Gasteiger partial charge in [-0.05, 0) is 48.0 Å². The summed E-state index contributed by atoms with van der Waals surface area (Å²) in [7, 11) is 1.58. The van der Waals surface area contributed by atoms with E-state index in [0.29, 0.717) is 16.8 Å². The molecule has 30 heavy (non-hydrogen) atoms. The second-order valence-electron chi connectivity index (χ2n) is 6.77. The first-order valence-corrected chi connectivity index (χ1v) is 9.55. The average Bonchev–Trinajstić information content (AvgIpc) is 3.16. The molecule has 0 radical (unpaired) electrons. The summed E-state index contributed by atoms with van der Waals surface area (Å²) < 4.78 is 6.83. The largest absolute Gasteiger partial charge is 0.497 e. The number of carbonyl (C=O) groups excluding carboxylic acids is 2.